The first-order valence-electron chi connectivity index (χ1n) is 11.9. The SMILES string of the molecule is C.CCc1cc(-c2ccc(CNC3CCN(CC4CCCCC4)CC3)s2)c(C)[nH]c1=O. The normalized spacial score (nSPS) is 18.8. The van der Waals surface area contributed by atoms with E-state index in [1.54, 1.807) is 0 Å². The van der Waals surface area contributed by atoms with Crippen molar-refractivity contribution in [2.24, 2.45) is 5.92 Å². The molecule has 0 unspecified atom stereocenters. The minimum absolute atomic E-state index is 0. The summed E-state index contributed by atoms with van der Waals surface area (Å²) in [5.41, 5.74) is 3.04. The van der Waals surface area contributed by atoms with Gasteiger partial charge in [-0.05, 0) is 76.2 Å². The highest BCUT2D eigenvalue weighted by atomic mass is 32.1. The molecule has 0 spiro atoms. The topological polar surface area (TPSA) is 48.1 Å². The Balaban J connectivity index is 0.00000272. The fraction of sp³-hybridized carbons (Fsp3) is 0.654. The second-order valence-electron chi connectivity index (χ2n) is 9.24. The zero-order valence-electron chi connectivity index (χ0n) is 18.6. The van der Waals surface area contributed by atoms with Crippen LogP contribution in [0.15, 0.2) is 23.0 Å². The summed E-state index contributed by atoms with van der Waals surface area (Å²) in [4.78, 5) is 20.4. The van der Waals surface area contributed by atoms with Crippen LogP contribution in [0.3, 0.4) is 0 Å². The third-order valence-corrected chi connectivity index (χ3v) is 8.14. The smallest absolute Gasteiger partial charge is 0.251 e. The van der Waals surface area contributed by atoms with Gasteiger partial charge >= 0.3 is 0 Å². The highest BCUT2D eigenvalue weighted by Crippen LogP contribution is 2.30. The van der Waals surface area contributed by atoms with E-state index < -0.39 is 0 Å². The van der Waals surface area contributed by atoms with Gasteiger partial charge in [0.05, 0.1) is 0 Å². The molecule has 172 valence electrons. The van der Waals surface area contributed by atoms with Crippen LogP contribution in [0.2, 0.25) is 0 Å². The molecule has 2 fully saturated rings. The van der Waals surface area contributed by atoms with Crippen LogP contribution in [0, 0.1) is 12.8 Å². The summed E-state index contributed by atoms with van der Waals surface area (Å²) in [5, 5.41) is 3.80. The first-order valence-corrected chi connectivity index (χ1v) is 12.7. The van der Waals surface area contributed by atoms with Gasteiger partial charge in [-0.2, -0.15) is 0 Å². The Morgan fingerprint density at radius 1 is 1.13 bits per heavy atom. The van der Waals surface area contributed by atoms with E-state index in [1.807, 2.05) is 25.2 Å². The van der Waals surface area contributed by atoms with Gasteiger partial charge in [-0.1, -0.05) is 33.6 Å². The maximum absolute atomic E-state index is 12.0. The lowest BCUT2D eigenvalue weighted by atomic mass is 9.88. The Morgan fingerprint density at radius 2 is 1.87 bits per heavy atom. The monoisotopic (exact) mass is 443 g/mol. The van der Waals surface area contributed by atoms with Crippen molar-refractivity contribution < 1.29 is 0 Å². The number of piperidine rings is 1. The quantitative estimate of drug-likeness (QED) is 0.573. The van der Waals surface area contributed by atoms with Gasteiger partial charge in [0.25, 0.3) is 5.56 Å². The number of hydrogen-bond donors (Lipinski definition) is 2. The van der Waals surface area contributed by atoms with Gasteiger partial charge in [0.15, 0.2) is 0 Å². The fourth-order valence-electron chi connectivity index (χ4n) is 5.10. The lowest BCUT2D eigenvalue weighted by molar-refractivity contribution is 0.155. The molecule has 31 heavy (non-hydrogen) atoms. The average molecular weight is 444 g/mol. The van der Waals surface area contributed by atoms with Crippen LogP contribution in [-0.2, 0) is 13.0 Å². The largest absolute Gasteiger partial charge is 0.326 e. The Kier molecular flexibility index (Phi) is 8.94. The minimum atomic E-state index is 0. The van der Waals surface area contributed by atoms with Crippen LogP contribution in [0.5, 0.6) is 0 Å². The number of aryl methyl sites for hydroxylation is 2. The van der Waals surface area contributed by atoms with Crippen molar-refractivity contribution in [1.82, 2.24) is 15.2 Å². The molecule has 2 aromatic rings. The Hall–Kier alpha value is -1.43. The van der Waals surface area contributed by atoms with Gasteiger partial charge in [-0.15, -0.1) is 11.3 Å². The highest BCUT2D eigenvalue weighted by molar-refractivity contribution is 7.15. The first kappa shape index (κ1) is 24.2. The molecular weight excluding hydrogens is 402 g/mol. The molecule has 0 amide bonds. The molecule has 2 aliphatic rings. The maximum atomic E-state index is 12.0. The molecule has 1 aliphatic heterocycles. The van der Waals surface area contributed by atoms with E-state index in [2.05, 4.69) is 33.4 Å². The van der Waals surface area contributed by atoms with E-state index in [4.69, 9.17) is 0 Å². The van der Waals surface area contributed by atoms with Crippen LogP contribution < -0.4 is 10.9 Å². The van der Waals surface area contributed by atoms with Crippen LogP contribution in [-0.4, -0.2) is 35.6 Å². The summed E-state index contributed by atoms with van der Waals surface area (Å²) in [5.74, 6) is 0.956. The lowest BCUT2D eigenvalue weighted by Gasteiger charge is -2.35. The number of hydrogen-bond acceptors (Lipinski definition) is 4. The van der Waals surface area contributed by atoms with Crippen LogP contribution >= 0.6 is 11.3 Å². The molecule has 3 heterocycles. The molecule has 2 aromatic heterocycles. The summed E-state index contributed by atoms with van der Waals surface area (Å²) in [6.45, 7) is 8.81. The number of likely N-dealkylation sites (tertiary alicyclic amines) is 1. The molecule has 4 nitrogen and oxygen atoms in total. The van der Waals surface area contributed by atoms with Gasteiger partial charge in [-0.3, -0.25) is 4.79 Å². The summed E-state index contributed by atoms with van der Waals surface area (Å²) < 4.78 is 0. The molecule has 4 rings (SSSR count). The summed E-state index contributed by atoms with van der Waals surface area (Å²) in [6.07, 6.45) is 10.6. The molecule has 1 saturated carbocycles. The van der Waals surface area contributed by atoms with Gasteiger partial charge in [0.2, 0.25) is 0 Å². The zero-order valence-corrected chi connectivity index (χ0v) is 19.5. The third-order valence-electron chi connectivity index (χ3n) is 7.02. The van der Waals surface area contributed by atoms with E-state index in [-0.39, 0.29) is 13.0 Å². The van der Waals surface area contributed by atoms with Crippen molar-refractivity contribution >= 4 is 11.3 Å². The van der Waals surface area contributed by atoms with Gasteiger partial charge < -0.3 is 15.2 Å². The van der Waals surface area contributed by atoms with Crippen LogP contribution in [0.4, 0.5) is 0 Å². The number of thiophene rings is 1. The minimum Gasteiger partial charge on any atom is -0.326 e. The number of nitrogens with one attached hydrogen (secondary N) is 2. The zero-order chi connectivity index (χ0) is 20.9. The molecule has 5 heteroatoms. The molecule has 0 bridgehead atoms. The van der Waals surface area contributed by atoms with E-state index in [1.165, 1.54) is 79.9 Å². The number of aromatic amines is 1. The second-order valence-corrected chi connectivity index (χ2v) is 10.4. The summed E-state index contributed by atoms with van der Waals surface area (Å²) >= 11 is 1.84. The van der Waals surface area contributed by atoms with E-state index in [0.29, 0.717) is 6.04 Å². The number of nitrogens with zero attached hydrogens (tertiary/aromatic N) is 1. The van der Waals surface area contributed by atoms with E-state index >= 15 is 0 Å². The van der Waals surface area contributed by atoms with Gasteiger partial charge in [-0.25, -0.2) is 0 Å². The predicted octanol–water partition coefficient (Wildman–Crippen LogP) is 5.74. The second kappa shape index (κ2) is 11.4. The fourth-order valence-corrected chi connectivity index (χ4v) is 6.13. The van der Waals surface area contributed by atoms with E-state index in [0.717, 1.165) is 30.1 Å². The van der Waals surface area contributed by atoms with Crippen molar-refractivity contribution in [3.05, 3.63) is 44.7 Å². The molecule has 0 atom stereocenters. The number of aromatic nitrogens is 1. The lowest BCUT2D eigenvalue weighted by Crippen LogP contribution is -2.43. The Morgan fingerprint density at radius 3 is 2.58 bits per heavy atom. The van der Waals surface area contributed by atoms with Gasteiger partial charge in [0, 0.05) is 45.7 Å². The number of H-pyrrole nitrogens is 1. The molecule has 1 saturated heterocycles. The molecule has 2 N–H and O–H groups in total. The molecule has 1 aliphatic carbocycles. The molecule has 0 radical (unpaired) electrons. The standard InChI is InChI=1S/C25H37N3OS.CH4/c1-3-20-15-23(18(2)27-25(20)29)24-10-9-22(30-24)16-26-21-11-13-28(14-12-21)17-19-7-5-4-6-8-19;/h9-10,15,19,21,26H,3-8,11-14,16-17H2,1-2H3,(H,27,29);1H4. The Labute approximate surface area is 192 Å². The summed E-state index contributed by atoms with van der Waals surface area (Å²) in [7, 11) is 0. The van der Waals surface area contributed by atoms with Crippen LogP contribution in [0.25, 0.3) is 10.4 Å². The highest BCUT2D eigenvalue weighted by Gasteiger charge is 2.22. The first-order chi connectivity index (χ1) is 14.6. The van der Waals surface area contributed by atoms with Crippen LogP contribution in [0.1, 0.15) is 75.4 Å². The summed E-state index contributed by atoms with van der Waals surface area (Å²) in [6, 6.07) is 7.15. The number of rotatable bonds is 7. The Bertz CT molecular complexity index is 873. The molecule has 0 aromatic carbocycles. The third kappa shape index (κ3) is 6.30. The van der Waals surface area contributed by atoms with Crippen molar-refractivity contribution in [3.8, 4) is 10.4 Å². The van der Waals surface area contributed by atoms with Crippen molar-refractivity contribution in [1.29, 1.82) is 0 Å². The van der Waals surface area contributed by atoms with Crippen molar-refractivity contribution in [2.75, 3.05) is 19.6 Å². The number of pyridine rings is 1. The predicted molar refractivity (Wildman–Crippen MR) is 134 cm³/mol. The maximum Gasteiger partial charge on any atom is 0.251 e. The van der Waals surface area contributed by atoms with Gasteiger partial charge in [0.1, 0.15) is 0 Å². The average Bonchev–Trinajstić information content (AvgIpc) is 3.23. The van der Waals surface area contributed by atoms with Crippen molar-refractivity contribution in [3.63, 3.8) is 0 Å². The van der Waals surface area contributed by atoms with E-state index in [9.17, 15) is 4.79 Å². The van der Waals surface area contributed by atoms with Crippen molar-refractivity contribution in [2.45, 2.75) is 85.2 Å². The molecular formula is C26H41N3OS.